The van der Waals surface area contributed by atoms with Crippen LogP contribution in [-0.4, -0.2) is 24.0 Å². The Morgan fingerprint density at radius 2 is 1.62 bits per heavy atom. The van der Waals surface area contributed by atoms with Crippen molar-refractivity contribution in [2.24, 2.45) is 0 Å². The lowest BCUT2D eigenvalue weighted by atomic mass is 9.95. The van der Waals surface area contributed by atoms with E-state index in [2.05, 4.69) is 39.6 Å². The number of rotatable bonds is 7. The van der Waals surface area contributed by atoms with E-state index < -0.39 is 0 Å². The largest absolute Gasteiger partial charge is 0.301 e. The third kappa shape index (κ3) is 5.30. The highest BCUT2D eigenvalue weighted by Gasteiger charge is 2.21. The Labute approximate surface area is 84.5 Å². The summed E-state index contributed by atoms with van der Waals surface area (Å²) in [6.07, 6.45) is 6.67. The van der Waals surface area contributed by atoms with Crippen LogP contribution >= 0.6 is 0 Å². The molecule has 0 atom stereocenters. The maximum atomic E-state index is 2.49. The molecule has 0 spiro atoms. The third-order valence-corrected chi connectivity index (χ3v) is 2.98. The Balaban J connectivity index is 3.76. The quantitative estimate of drug-likeness (QED) is 0.547. The summed E-state index contributed by atoms with van der Waals surface area (Å²) in [6, 6.07) is 0. The summed E-state index contributed by atoms with van der Waals surface area (Å²) in [7, 11) is 2.25. The van der Waals surface area contributed by atoms with Crippen molar-refractivity contribution in [2.75, 3.05) is 13.6 Å². The van der Waals surface area contributed by atoms with Crippen molar-refractivity contribution in [3.8, 4) is 0 Å². The molecular formula is C12H27N. The molecule has 0 fully saturated rings. The van der Waals surface area contributed by atoms with Crippen LogP contribution in [0.5, 0.6) is 0 Å². The van der Waals surface area contributed by atoms with Gasteiger partial charge >= 0.3 is 0 Å². The summed E-state index contributed by atoms with van der Waals surface area (Å²) in [6.45, 7) is 10.5. The standard InChI is InChI=1S/C12H27N/c1-6-8-9-10-12(3,4)13(5)11-7-2/h6-11H2,1-5H3. The van der Waals surface area contributed by atoms with E-state index in [0.29, 0.717) is 5.54 Å². The molecule has 0 bridgehead atoms. The molecule has 0 amide bonds. The molecule has 80 valence electrons. The zero-order chi connectivity index (χ0) is 10.3. The molecule has 0 aliphatic carbocycles. The number of hydrogen-bond acceptors (Lipinski definition) is 1. The smallest absolute Gasteiger partial charge is 0.0150 e. The van der Waals surface area contributed by atoms with Crippen molar-refractivity contribution < 1.29 is 0 Å². The third-order valence-electron chi connectivity index (χ3n) is 2.98. The SMILES string of the molecule is CCCCCC(C)(C)N(C)CCC. The maximum absolute atomic E-state index is 2.49. The molecule has 0 heterocycles. The van der Waals surface area contributed by atoms with Crippen molar-refractivity contribution >= 4 is 0 Å². The zero-order valence-corrected chi connectivity index (χ0v) is 10.2. The molecule has 0 radical (unpaired) electrons. The molecular weight excluding hydrogens is 158 g/mol. The minimum atomic E-state index is 0.394. The zero-order valence-electron chi connectivity index (χ0n) is 10.2. The van der Waals surface area contributed by atoms with Crippen molar-refractivity contribution in [2.45, 2.75) is 65.3 Å². The van der Waals surface area contributed by atoms with Gasteiger partial charge in [0, 0.05) is 5.54 Å². The minimum Gasteiger partial charge on any atom is -0.301 e. The molecule has 0 saturated carbocycles. The molecule has 0 unspecified atom stereocenters. The number of unbranched alkanes of at least 4 members (excludes halogenated alkanes) is 2. The van der Waals surface area contributed by atoms with Gasteiger partial charge in [-0.1, -0.05) is 33.1 Å². The van der Waals surface area contributed by atoms with Crippen LogP contribution in [0.2, 0.25) is 0 Å². The van der Waals surface area contributed by atoms with E-state index in [0.717, 1.165) is 0 Å². The molecule has 0 rings (SSSR count). The van der Waals surface area contributed by atoms with E-state index >= 15 is 0 Å². The van der Waals surface area contributed by atoms with Gasteiger partial charge in [-0.05, 0) is 40.3 Å². The van der Waals surface area contributed by atoms with Crippen LogP contribution in [0.1, 0.15) is 59.8 Å². The highest BCUT2D eigenvalue weighted by molar-refractivity contribution is 4.78. The van der Waals surface area contributed by atoms with Crippen molar-refractivity contribution in [3.63, 3.8) is 0 Å². The number of hydrogen-bond donors (Lipinski definition) is 0. The highest BCUT2D eigenvalue weighted by atomic mass is 15.2. The van der Waals surface area contributed by atoms with Crippen LogP contribution in [0.4, 0.5) is 0 Å². The molecule has 0 N–H and O–H groups in total. The van der Waals surface area contributed by atoms with Gasteiger partial charge in [0.25, 0.3) is 0 Å². The lowest BCUT2D eigenvalue weighted by Crippen LogP contribution is -2.41. The fourth-order valence-electron chi connectivity index (χ4n) is 1.64. The summed E-state index contributed by atoms with van der Waals surface area (Å²) < 4.78 is 0. The average molecular weight is 185 g/mol. The molecule has 0 saturated heterocycles. The Kier molecular flexibility index (Phi) is 6.40. The van der Waals surface area contributed by atoms with Crippen LogP contribution in [0, 0.1) is 0 Å². The Morgan fingerprint density at radius 3 is 2.08 bits per heavy atom. The fourth-order valence-corrected chi connectivity index (χ4v) is 1.64. The molecule has 13 heavy (non-hydrogen) atoms. The second kappa shape index (κ2) is 6.42. The van der Waals surface area contributed by atoms with Crippen LogP contribution < -0.4 is 0 Å². The molecule has 0 aromatic carbocycles. The summed E-state index contributed by atoms with van der Waals surface area (Å²) in [5.41, 5.74) is 0.394. The van der Waals surface area contributed by atoms with Crippen molar-refractivity contribution in [1.82, 2.24) is 4.90 Å². The van der Waals surface area contributed by atoms with Crippen LogP contribution in [0.25, 0.3) is 0 Å². The second-order valence-electron chi connectivity index (χ2n) is 4.69. The van der Waals surface area contributed by atoms with E-state index in [9.17, 15) is 0 Å². The van der Waals surface area contributed by atoms with Crippen LogP contribution in [0.3, 0.4) is 0 Å². The van der Waals surface area contributed by atoms with Gasteiger partial charge in [0.05, 0.1) is 0 Å². The van der Waals surface area contributed by atoms with Gasteiger partial charge in [-0.25, -0.2) is 0 Å². The Bertz CT molecular complexity index is 118. The molecule has 0 aromatic rings. The lowest BCUT2D eigenvalue weighted by molar-refractivity contribution is 0.142. The van der Waals surface area contributed by atoms with Gasteiger partial charge in [-0.3, -0.25) is 0 Å². The summed E-state index contributed by atoms with van der Waals surface area (Å²) in [5, 5.41) is 0. The second-order valence-corrected chi connectivity index (χ2v) is 4.69. The van der Waals surface area contributed by atoms with E-state index in [1.165, 1.54) is 38.6 Å². The summed E-state index contributed by atoms with van der Waals surface area (Å²) in [5.74, 6) is 0. The van der Waals surface area contributed by atoms with Crippen LogP contribution in [0.15, 0.2) is 0 Å². The highest BCUT2D eigenvalue weighted by Crippen LogP contribution is 2.20. The first-order chi connectivity index (χ1) is 6.04. The Hall–Kier alpha value is -0.0400. The van der Waals surface area contributed by atoms with Crippen molar-refractivity contribution in [1.29, 1.82) is 0 Å². The predicted octanol–water partition coefficient (Wildman–Crippen LogP) is 3.69. The average Bonchev–Trinajstić information content (AvgIpc) is 2.05. The monoisotopic (exact) mass is 185 g/mol. The first kappa shape index (κ1) is 13.0. The normalized spacial score (nSPS) is 12.5. The van der Waals surface area contributed by atoms with Gasteiger partial charge in [-0.2, -0.15) is 0 Å². The molecule has 1 heteroatoms. The Morgan fingerprint density at radius 1 is 1.00 bits per heavy atom. The van der Waals surface area contributed by atoms with Gasteiger partial charge < -0.3 is 4.90 Å². The van der Waals surface area contributed by atoms with Crippen molar-refractivity contribution in [3.05, 3.63) is 0 Å². The summed E-state index contributed by atoms with van der Waals surface area (Å²) >= 11 is 0. The van der Waals surface area contributed by atoms with E-state index in [-0.39, 0.29) is 0 Å². The molecule has 0 aliphatic heterocycles. The van der Waals surface area contributed by atoms with E-state index in [1.54, 1.807) is 0 Å². The molecule has 1 nitrogen and oxygen atoms in total. The fraction of sp³-hybridized carbons (Fsp3) is 1.00. The van der Waals surface area contributed by atoms with E-state index in [4.69, 9.17) is 0 Å². The van der Waals surface area contributed by atoms with Gasteiger partial charge in [0.15, 0.2) is 0 Å². The maximum Gasteiger partial charge on any atom is 0.0150 e. The number of nitrogens with zero attached hydrogens (tertiary/aromatic N) is 1. The molecule has 0 aliphatic rings. The van der Waals surface area contributed by atoms with Gasteiger partial charge in [-0.15, -0.1) is 0 Å². The topological polar surface area (TPSA) is 3.24 Å². The lowest BCUT2D eigenvalue weighted by Gasteiger charge is -2.35. The molecule has 0 aromatic heterocycles. The first-order valence-electron chi connectivity index (χ1n) is 5.75. The van der Waals surface area contributed by atoms with Gasteiger partial charge in [0.1, 0.15) is 0 Å². The van der Waals surface area contributed by atoms with E-state index in [1.807, 2.05) is 0 Å². The van der Waals surface area contributed by atoms with Gasteiger partial charge in [0.2, 0.25) is 0 Å². The summed E-state index contributed by atoms with van der Waals surface area (Å²) in [4.78, 5) is 2.49. The van der Waals surface area contributed by atoms with Crippen LogP contribution in [-0.2, 0) is 0 Å². The first-order valence-corrected chi connectivity index (χ1v) is 5.75. The minimum absolute atomic E-state index is 0.394. The predicted molar refractivity (Wildman–Crippen MR) is 61.1 cm³/mol.